The molecule has 0 aliphatic carbocycles. The van der Waals surface area contributed by atoms with Crippen molar-refractivity contribution in [2.75, 3.05) is 6.61 Å². The van der Waals surface area contributed by atoms with Gasteiger partial charge in [0.15, 0.2) is 6.61 Å². The highest BCUT2D eigenvalue weighted by atomic mass is 16.5. The summed E-state index contributed by atoms with van der Waals surface area (Å²) in [6, 6.07) is 12.1. The first-order valence-corrected chi connectivity index (χ1v) is 10.5. The first kappa shape index (κ1) is 23.1. The van der Waals surface area contributed by atoms with Crippen LogP contribution in [0.3, 0.4) is 0 Å². The minimum atomic E-state index is -1.33. The van der Waals surface area contributed by atoms with Gasteiger partial charge >= 0.3 is 5.63 Å². The molecule has 0 unspecified atom stereocenters. The van der Waals surface area contributed by atoms with Crippen LogP contribution in [-0.2, 0) is 16.0 Å². The van der Waals surface area contributed by atoms with Crippen molar-refractivity contribution in [3.05, 3.63) is 75.1 Å². The van der Waals surface area contributed by atoms with Gasteiger partial charge in [-0.15, -0.1) is 0 Å². The lowest BCUT2D eigenvalue weighted by Crippen LogP contribution is -2.49. The van der Waals surface area contributed by atoms with E-state index < -0.39 is 23.5 Å². The summed E-state index contributed by atoms with van der Waals surface area (Å²) in [6.07, 6.45) is 1.34. The molecule has 2 aromatic carbocycles. The van der Waals surface area contributed by atoms with E-state index in [0.717, 1.165) is 16.5 Å². The molecule has 168 valence electrons. The largest absolute Gasteiger partial charge is 0.548 e. The molecule has 1 N–H and O–H groups in total. The Hall–Kier alpha value is -3.61. The summed E-state index contributed by atoms with van der Waals surface area (Å²) in [5.74, 6) is -1.51. The van der Waals surface area contributed by atoms with Crippen LogP contribution in [0.4, 0.5) is 0 Å². The van der Waals surface area contributed by atoms with Gasteiger partial charge in [-0.25, -0.2) is 4.79 Å². The van der Waals surface area contributed by atoms with Crippen LogP contribution in [0.2, 0.25) is 0 Å². The fourth-order valence-corrected chi connectivity index (χ4v) is 3.65. The lowest BCUT2D eigenvalue weighted by atomic mass is 9.98. The van der Waals surface area contributed by atoms with Crippen LogP contribution in [0.1, 0.15) is 42.0 Å². The first-order valence-electron chi connectivity index (χ1n) is 10.5. The van der Waals surface area contributed by atoms with Gasteiger partial charge in [0.25, 0.3) is 5.91 Å². The highest BCUT2D eigenvalue weighted by Gasteiger charge is 2.17. The van der Waals surface area contributed by atoms with Gasteiger partial charge in [-0.05, 0) is 43.5 Å². The van der Waals surface area contributed by atoms with Crippen molar-refractivity contribution in [3.63, 3.8) is 0 Å². The number of benzene rings is 2. The third-order valence-corrected chi connectivity index (χ3v) is 5.43. The summed E-state index contributed by atoms with van der Waals surface area (Å²) in [5, 5.41) is 14.3. The molecule has 1 aromatic heterocycles. The van der Waals surface area contributed by atoms with Crippen LogP contribution in [0.5, 0.6) is 5.75 Å². The molecular weight excluding hydrogens is 410 g/mol. The van der Waals surface area contributed by atoms with Crippen molar-refractivity contribution in [2.45, 2.75) is 46.1 Å². The number of rotatable bonds is 9. The second kappa shape index (κ2) is 10.1. The van der Waals surface area contributed by atoms with E-state index in [1.807, 2.05) is 44.2 Å². The number of nitrogens with one attached hydrogen (secondary N) is 1. The molecule has 0 aliphatic heterocycles. The normalized spacial score (nSPS) is 11.8. The van der Waals surface area contributed by atoms with Crippen molar-refractivity contribution >= 4 is 22.8 Å². The molecule has 0 bridgehead atoms. The molecule has 7 nitrogen and oxygen atoms in total. The quantitative estimate of drug-likeness (QED) is 0.516. The van der Waals surface area contributed by atoms with Gasteiger partial charge in [-0.2, -0.15) is 0 Å². The number of carbonyl (C=O) groups is 2. The average Bonchev–Trinajstić information content (AvgIpc) is 2.77. The Morgan fingerprint density at radius 2 is 1.81 bits per heavy atom. The molecule has 0 aliphatic rings. The molecule has 1 amide bonds. The molecule has 0 saturated heterocycles. The summed E-state index contributed by atoms with van der Waals surface area (Å²) < 4.78 is 11.2. The predicted octanol–water partition coefficient (Wildman–Crippen LogP) is 2.41. The smallest absolute Gasteiger partial charge is 0.340 e. The maximum absolute atomic E-state index is 12.7. The molecule has 3 aromatic rings. The number of carbonyl (C=O) groups excluding carboxylic acids is 2. The number of ether oxygens (including phenoxy) is 1. The number of carboxylic acids is 1. The zero-order valence-electron chi connectivity index (χ0n) is 18.4. The summed E-state index contributed by atoms with van der Waals surface area (Å²) in [4.78, 5) is 35.9. The maximum atomic E-state index is 12.7. The van der Waals surface area contributed by atoms with E-state index in [4.69, 9.17) is 9.15 Å². The summed E-state index contributed by atoms with van der Waals surface area (Å²) >= 11 is 0. The molecule has 0 saturated carbocycles. The van der Waals surface area contributed by atoms with Gasteiger partial charge in [-0.1, -0.05) is 43.7 Å². The van der Waals surface area contributed by atoms with Gasteiger partial charge in [0.1, 0.15) is 11.3 Å². The molecule has 0 spiro atoms. The minimum Gasteiger partial charge on any atom is -0.548 e. The molecule has 0 radical (unpaired) electrons. The standard InChI is InChI=1S/C25H27NO6/c1-4-8-20(24(28)29)26-22(27)14-31-21-12-11-18-15(2)19(13-17-9-6-5-7-10-17)25(30)32-23(18)16(21)3/h5-7,9-12,20H,4,8,13-14H2,1-3H3,(H,26,27)(H,28,29)/p-1/t20-/m0/s1. The SMILES string of the molecule is CCC[C@H](NC(=O)COc1ccc2c(C)c(Cc3ccccc3)c(=O)oc2c1C)C(=O)[O-]. The van der Waals surface area contributed by atoms with Gasteiger partial charge in [0.2, 0.25) is 0 Å². The summed E-state index contributed by atoms with van der Waals surface area (Å²) in [7, 11) is 0. The average molecular weight is 436 g/mol. The van der Waals surface area contributed by atoms with E-state index in [2.05, 4.69) is 5.32 Å². The van der Waals surface area contributed by atoms with E-state index in [1.54, 1.807) is 19.1 Å². The van der Waals surface area contributed by atoms with Gasteiger partial charge in [0.05, 0.1) is 12.0 Å². The Labute approximate surface area is 186 Å². The van der Waals surface area contributed by atoms with E-state index in [9.17, 15) is 19.5 Å². The Bertz CT molecular complexity index is 1180. The van der Waals surface area contributed by atoms with Crippen molar-refractivity contribution in [1.29, 1.82) is 0 Å². The van der Waals surface area contributed by atoms with Crippen molar-refractivity contribution in [2.24, 2.45) is 0 Å². The van der Waals surface area contributed by atoms with Gasteiger partial charge in [0, 0.05) is 22.9 Å². The maximum Gasteiger partial charge on any atom is 0.340 e. The molecule has 3 rings (SSSR count). The summed E-state index contributed by atoms with van der Waals surface area (Å²) in [6.45, 7) is 5.09. The van der Waals surface area contributed by atoms with Crippen LogP contribution in [0, 0.1) is 13.8 Å². The van der Waals surface area contributed by atoms with E-state index in [0.29, 0.717) is 35.3 Å². The highest BCUT2D eigenvalue weighted by Crippen LogP contribution is 2.30. The van der Waals surface area contributed by atoms with Crippen molar-refractivity contribution < 1.29 is 23.8 Å². The second-order valence-corrected chi connectivity index (χ2v) is 7.74. The van der Waals surface area contributed by atoms with Crippen LogP contribution in [0.15, 0.2) is 51.7 Å². The molecule has 1 atom stereocenters. The third-order valence-electron chi connectivity index (χ3n) is 5.43. The Morgan fingerprint density at radius 3 is 2.47 bits per heavy atom. The molecule has 0 fully saturated rings. The zero-order valence-corrected chi connectivity index (χ0v) is 18.4. The van der Waals surface area contributed by atoms with Crippen molar-refractivity contribution in [1.82, 2.24) is 5.32 Å². The molecule has 7 heteroatoms. The lowest BCUT2D eigenvalue weighted by Gasteiger charge is -2.19. The topological polar surface area (TPSA) is 109 Å². The fraction of sp³-hybridized carbons (Fsp3) is 0.320. The number of aryl methyl sites for hydroxylation is 2. The number of amides is 1. The third kappa shape index (κ3) is 5.17. The Morgan fingerprint density at radius 1 is 1.09 bits per heavy atom. The molecular formula is C25H26NO6-. The summed E-state index contributed by atoms with van der Waals surface area (Å²) in [5.41, 5.74) is 3.04. The molecule has 32 heavy (non-hydrogen) atoms. The van der Waals surface area contributed by atoms with Crippen LogP contribution in [0.25, 0.3) is 11.0 Å². The first-order chi connectivity index (χ1) is 15.3. The number of aliphatic carboxylic acids is 1. The Kier molecular flexibility index (Phi) is 7.30. The second-order valence-electron chi connectivity index (χ2n) is 7.74. The Balaban J connectivity index is 1.81. The van der Waals surface area contributed by atoms with Gasteiger partial charge in [-0.3, -0.25) is 4.79 Å². The molecule has 1 heterocycles. The van der Waals surface area contributed by atoms with Crippen LogP contribution < -0.4 is 20.8 Å². The van der Waals surface area contributed by atoms with E-state index in [-0.39, 0.29) is 13.0 Å². The minimum absolute atomic E-state index is 0.277. The van der Waals surface area contributed by atoms with E-state index in [1.165, 1.54) is 0 Å². The number of fused-ring (bicyclic) bond motifs is 1. The number of carboxylic acid groups (broad SMARTS) is 1. The van der Waals surface area contributed by atoms with Crippen LogP contribution in [-0.4, -0.2) is 24.5 Å². The predicted molar refractivity (Wildman–Crippen MR) is 119 cm³/mol. The number of hydrogen-bond acceptors (Lipinski definition) is 6. The fourth-order valence-electron chi connectivity index (χ4n) is 3.65. The zero-order chi connectivity index (χ0) is 23.3. The number of hydrogen-bond donors (Lipinski definition) is 1. The van der Waals surface area contributed by atoms with E-state index >= 15 is 0 Å². The van der Waals surface area contributed by atoms with Crippen LogP contribution >= 0.6 is 0 Å². The lowest BCUT2D eigenvalue weighted by molar-refractivity contribution is -0.308. The van der Waals surface area contributed by atoms with Gasteiger partial charge < -0.3 is 24.4 Å². The highest BCUT2D eigenvalue weighted by molar-refractivity contribution is 5.86. The monoisotopic (exact) mass is 436 g/mol. The van der Waals surface area contributed by atoms with Crippen molar-refractivity contribution in [3.8, 4) is 5.75 Å².